The molecular weight excluding hydrogens is 309 g/mol. The lowest BCUT2D eigenvalue weighted by Crippen LogP contribution is -2.47. The van der Waals surface area contributed by atoms with Gasteiger partial charge in [-0.05, 0) is 18.8 Å². The van der Waals surface area contributed by atoms with Crippen LogP contribution in [0.25, 0.3) is 0 Å². The Kier molecular flexibility index (Phi) is 5.35. The highest BCUT2D eigenvalue weighted by atomic mass is 35.5. The summed E-state index contributed by atoms with van der Waals surface area (Å²) in [6.45, 7) is 5.73. The first-order valence-electron chi connectivity index (χ1n) is 7.59. The summed E-state index contributed by atoms with van der Waals surface area (Å²) in [4.78, 5) is 6.61. The minimum absolute atomic E-state index is 0.263. The van der Waals surface area contributed by atoms with Crippen molar-refractivity contribution in [2.45, 2.75) is 18.9 Å². The Hall–Kier alpha value is -0.390. The smallest absolute Gasteiger partial charge is 0.0652 e. The van der Waals surface area contributed by atoms with Crippen LogP contribution < -0.4 is 5.32 Å². The topological polar surface area (TPSA) is 37.4 Å². The van der Waals surface area contributed by atoms with E-state index in [0.29, 0.717) is 16.0 Å². The molecule has 1 atom stereocenters. The molecule has 0 saturated carbocycles. The fourth-order valence-electron chi connectivity index (χ4n) is 3.41. The summed E-state index contributed by atoms with van der Waals surface area (Å²) in [7, 11) is 0. The molecule has 4 nitrogen and oxygen atoms in total. The Labute approximate surface area is 135 Å². The zero-order valence-electron chi connectivity index (χ0n) is 12.0. The number of hydrogen-bond acceptors (Lipinski definition) is 4. The van der Waals surface area contributed by atoms with Crippen LogP contribution in [-0.4, -0.2) is 49.3 Å². The molecule has 0 unspecified atom stereocenters. The molecule has 21 heavy (non-hydrogen) atoms. The Morgan fingerprint density at radius 3 is 2.38 bits per heavy atom. The van der Waals surface area contributed by atoms with Gasteiger partial charge >= 0.3 is 0 Å². The normalized spacial score (nSPS) is 23.1. The molecule has 0 bridgehead atoms. The second kappa shape index (κ2) is 7.25. The Morgan fingerprint density at radius 1 is 1.14 bits per heavy atom. The van der Waals surface area contributed by atoms with Crippen molar-refractivity contribution in [3.05, 3.63) is 28.0 Å². The van der Waals surface area contributed by atoms with Crippen molar-refractivity contribution < 1.29 is 4.74 Å². The summed E-state index contributed by atoms with van der Waals surface area (Å²) in [5, 5.41) is 4.77. The Balaban J connectivity index is 1.94. The van der Waals surface area contributed by atoms with Crippen LogP contribution in [0.1, 0.15) is 24.4 Å². The number of halogens is 2. The average Bonchev–Trinajstić information content (AvgIpc) is 2.53. The fraction of sp³-hybridized carbons (Fsp3) is 0.667. The van der Waals surface area contributed by atoms with Gasteiger partial charge in [-0.3, -0.25) is 9.88 Å². The molecule has 1 N–H and O–H groups in total. The number of aromatic nitrogens is 1. The van der Waals surface area contributed by atoms with Gasteiger partial charge in [-0.1, -0.05) is 23.2 Å². The first-order chi connectivity index (χ1) is 10.3. The molecule has 0 radical (unpaired) electrons. The van der Waals surface area contributed by atoms with Gasteiger partial charge in [-0.15, -0.1) is 0 Å². The summed E-state index contributed by atoms with van der Waals surface area (Å²) in [5.74, 6) is 0.536. The number of rotatable bonds is 3. The Morgan fingerprint density at radius 2 is 1.76 bits per heavy atom. The highest BCUT2D eigenvalue weighted by molar-refractivity contribution is 6.35. The molecule has 6 heteroatoms. The van der Waals surface area contributed by atoms with Gasteiger partial charge in [-0.2, -0.15) is 0 Å². The first kappa shape index (κ1) is 15.5. The van der Waals surface area contributed by atoms with E-state index in [0.717, 1.165) is 57.8 Å². The van der Waals surface area contributed by atoms with Gasteiger partial charge in [0.15, 0.2) is 0 Å². The molecular formula is C15H21Cl2N3O. The number of pyridine rings is 1. The highest BCUT2D eigenvalue weighted by Gasteiger charge is 2.33. The number of nitrogens with zero attached hydrogens (tertiary/aromatic N) is 2. The SMILES string of the molecule is Clc1cncc(Cl)c1[C@@H](C1CCOCC1)N1CCNCC1. The molecule has 2 aliphatic heterocycles. The maximum Gasteiger partial charge on any atom is 0.0652 e. The number of nitrogens with one attached hydrogen (secondary N) is 1. The van der Waals surface area contributed by atoms with Crippen molar-refractivity contribution in [1.29, 1.82) is 0 Å². The van der Waals surface area contributed by atoms with Crippen molar-refractivity contribution in [3.8, 4) is 0 Å². The van der Waals surface area contributed by atoms with E-state index >= 15 is 0 Å². The number of hydrogen-bond donors (Lipinski definition) is 1. The third kappa shape index (κ3) is 3.51. The van der Waals surface area contributed by atoms with Gasteiger partial charge in [0, 0.05) is 63.4 Å². The molecule has 2 fully saturated rings. The largest absolute Gasteiger partial charge is 0.381 e. The minimum atomic E-state index is 0.263. The minimum Gasteiger partial charge on any atom is -0.381 e. The van der Waals surface area contributed by atoms with E-state index in [2.05, 4.69) is 15.2 Å². The predicted molar refractivity (Wildman–Crippen MR) is 85.0 cm³/mol. The van der Waals surface area contributed by atoms with Gasteiger partial charge < -0.3 is 10.1 Å². The standard InChI is InChI=1S/C15H21Cl2N3O/c16-12-9-19-10-13(17)14(12)15(11-1-7-21-8-2-11)20-5-3-18-4-6-20/h9-11,15,18H,1-8H2/t15-/m1/s1. The van der Waals surface area contributed by atoms with E-state index in [4.69, 9.17) is 27.9 Å². The molecule has 0 aromatic carbocycles. The fourth-order valence-corrected chi connectivity index (χ4v) is 4.00. The lowest BCUT2D eigenvalue weighted by Gasteiger charge is -2.41. The van der Waals surface area contributed by atoms with Crippen LogP contribution in [0.2, 0.25) is 10.0 Å². The van der Waals surface area contributed by atoms with Crippen molar-refractivity contribution in [1.82, 2.24) is 15.2 Å². The molecule has 2 aliphatic rings. The van der Waals surface area contributed by atoms with Crippen LogP contribution in [0, 0.1) is 5.92 Å². The lowest BCUT2D eigenvalue weighted by atomic mass is 9.86. The van der Waals surface area contributed by atoms with Crippen LogP contribution in [0.4, 0.5) is 0 Å². The summed E-state index contributed by atoms with van der Waals surface area (Å²) < 4.78 is 5.52. The van der Waals surface area contributed by atoms with E-state index in [-0.39, 0.29) is 6.04 Å². The molecule has 0 aliphatic carbocycles. The second-order valence-electron chi connectivity index (χ2n) is 5.70. The summed E-state index contributed by atoms with van der Waals surface area (Å²) in [6.07, 6.45) is 5.53. The third-order valence-corrected chi connectivity index (χ3v) is 5.05. The average molecular weight is 330 g/mol. The van der Waals surface area contributed by atoms with E-state index in [1.807, 2.05) is 0 Å². The van der Waals surface area contributed by atoms with E-state index in [1.54, 1.807) is 12.4 Å². The maximum absolute atomic E-state index is 6.44. The molecule has 1 aromatic heterocycles. The van der Waals surface area contributed by atoms with E-state index in [9.17, 15) is 0 Å². The molecule has 3 rings (SSSR count). The quantitative estimate of drug-likeness (QED) is 0.925. The van der Waals surface area contributed by atoms with Crippen molar-refractivity contribution in [2.24, 2.45) is 5.92 Å². The molecule has 116 valence electrons. The van der Waals surface area contributed by atoms with Gasteiger partial charge in [0.1, 0.15) is 0 Å². The van der Waals surface area contributed by atoms with Crippen LogP contribution >= 0.6 is 23.2 Å². The highest BCUT2D eigenvalue weighted by Crippen LogP contribution is 2.41. The third-order valence-electron chi connectivity index (χ3n) is 4.44. The molecule has 1 aromatic rings. The molecule has 0 amide bonds. The van der Waals surface area contributed by atoms with Gasteiger partial charge in [0.2, 0.25) is 0 Å². The maximum atomic E-state index is 6.44. The molecule has 0 spiro atoms. The van der Waals surface area contributed by atoms with E-state index in [1.165, 1.54) is 0 Å². The summed E-state index contributed by atoms with van der Waals surface area (Å²) >= 11 is 12.9. The van der Waals surface area contributed by atoms with Crippen LogP contribution in [0.5, 0.6) is 0 Å². The van der Waals surface area contributed by atoms with Gasteiger partial charge in [-0.25, -0.2) is 0 Å². The van der Waals surface area contributed by atoms with Crippen LogP contribution in [-0.2, 0) is 4.74 Å². The number of ether oxygens (including phenoxy) is 1. The zero-order chi connectivity index (χ0) is 14.7. The monoisotopic (exact) mass is 329 g/mol. The summed E-state index contributed by atoms with van der Waals surface area (Å²) in [6, 6.07) is 0.263. The van der Waals surface area contributed by atoms with Crippen LogP contribution in [0.15, 0.2) is 12.4 Å². The van der Waals surface area contributed by atoms with Crippen LogP contribution in [0.3, 0.4) is 0 Å². The van der Waals surface area contributed by atoms with Gasteiger partial charge in [0.25, 0.3) is 0 Å². The molecule has 2 saturated heterocycles. The van der Waals surface area contributed by atoms with Crippen molar-refractivity contribution in [3.63, 3.8) is 0 Å². The zero-order valence-corrected chi connectivity index (χ0v) is 13.5. The Bertz CT molecular complexity index is 436. The first-order valence-corrected chi connectivity index (χ1v) is 8.34. The number of piperazine rings is 1. The molecule has 3 heterocycles. The lowest BCUT2D eigenvalue weighted by molar-refractivity contribution is 0.0213. The van der Waals surface area contributed by atoms with Crippen molar-refractivity contribution in [2.75, 3.05) is 39.4 Å². The van der Waals surface area contributed by atoms with E-state index < -0.39 is 0 Å². The van der Waals surface area contributed by atoms with Gasteiger partial charge in [0.05, 0.1) is 10.0 Å². The summed E-state index contributed by atoms with van der Waals surface area (Å²) in [5.41, 5.74) is 1.04. The van der Waals surface area contributed by atoms with Crippen molar-refractivity contribution >= 4 is 23.2 Å². The predicted octanol–water partition coefficient (Wildman–Crippen LogP) is 2.76. The second-order valence-corrected chi connectivity index (χ2v) is 6.51.